The van der Waals surface area contributed by atoms with Gasteiger partial charge in [-0.1, -0.05) is 18.2 Å². The molecule has 0 bridgehead atoms. The number of amides is 1. The lowest BCUT2D eigenvalue weighted by molar-refractivity contribution is -0.127. The van der Waals surface area contributed by atoms with Crippen molar-refractivity contribution in [1.82, 2.24) is 9.62 Å². The zero-order chi connectivity index (χ0) is 39.2. The number of aliphatic hydroxyl groups excluding tert-OH is 1. The molecule has 5 aromatic carbocycles. The van der Waals surface area contributed by atoms with Crippen molar-refractivity contribution in [3.05, 3.63) is 130 Å². The van der Waals surface area contributed by atoms with E-state index in [-0.39, 0.29) is 41.6 Å². The van der Waals surface area contributed by atoms with E-state index in [1.807, 2.05) is 39.0 Å². The lowest BCUT2D eigenvalue weighted by Gasteiger charge is -2.24. The molecule has 0 aliphatic carbocycles. The molecule has 0 radical (unpaired) electrons. The molecule has 0 spiro atoms. The average Bonchev–Trinajstić information content (AvgIpc) is 3.14. The number of ether oxygens (including phenoxy) is 3. The van der Waals surface area contributed by atoms with Crippen LogP contribution >= 0.6 is 0 Å². The molecule has 0 heterocycles. The molecule has 0 saturated heterocycles. The fourth-order valence-electron chi connectivity index (χ4n) is 6.22. The van der Waals surface area contributed by atoms with Crippen LogP contribution in [0.2, 0.25) is 0 Å². The van der Waals surface area contributed by atoms with Crippen LogP contribution in [0.1, 0.15) is 38.9 Å². The average molecular weight is 755 g/mol. The third-order valence-electron chi connectivity index (χ3n) is 9.05. The number of nitrogens with zero attached hydrogens (tertiary/aromatic N) is 1. The largest absolute Gasteiger partial charge is 0.508 e. The lowest BCUT2D eigenvalue weighted by Crippen LogP contribution is -2.39. The first kappa shape index (κ1) is 39.6. The topological polar surface area (TPSA) is 155 Å². The number of aryl methyl sites for hydroxylation is 2. The fourth-order valence-corrected chi connectivity index (χ4v) is 7.45. The molecule has 1 atom stereocenters. The van der Waals surface area contributed by atoms with Crippen LogP contribution in [0.15, 0.2) is 95.9 Å². The Morgan fingerprint density at radius 1 is 0.759 bits per heavy atom. The normalized spacial score (nSPS) is 11.9. The Bertz CT molecular complexity index is 2200. The number of rotatable bonds is 15. The quantitative estimate of drug-likeness (QED) is 0.0912. The van der Waals surface area contributed by atoms with Crippen LogP contribution in [0.3, 0.4) is 0 Å². The van der Waals surface area contributed by atoms with Crippen molar-refractivity contribution in [2.24, 2.45) is 0 Å². The number of benzene rings is 5. The van der Waals surface area contributed by atoms with Crippen molar-refractivity contribution in [2.75, 3.05) is 27.8 Å². The molecule has 54 heavy (non-hydrogen) atoms. The molecule has 0 aromatic heterocycles. The fraction of sp³-hybridized carbons (Fsp3) is 0.262. The summed E-state index contributed by atoms with van der Waals surface area (Å²) >= 11 is 0. The van der Waals surface area contributed by atoms with E-state index < -0.39 is 22.7 Å². The van der Waals surface area contributed by atoms with Gasteiger partial charge in [-0.25, -0.2) is 13.1 Å². The minimum absolute atomic E-state index is 0.0302. The maximum atomic E-state index is 13.5. The first-order valence-corrected chi connectivity index (χ1v) is 18.8. The molecular weight excluding hydrogens is 709 g/mol. The molecule has 1 amide bonds. The van der Waals surface area contributed by atoms with E-state index in [1.54, 1.807) is 50.5 Å². The SMILES string of the molecule is COc1ccc(S(=O)(=O)NC(CO)Cc2cc(C)c(Oc3ccc(O)cc3)c(C)c2Cc2cc(CC(=O)N(C)C)cc(C)c2Oc2ccc(O)cc2)cc1. The summed E-state index contributed by atoms with van der Waals surface area (Å²) in [6.45, 7) is 5.24. The minimum Gasteiger partial charge on any atom is -0.508 e. The van der Waals surface area contributed by atoms with E-state index >= 15 is 0 Å². The Morgan fingerprint density at radius 2 is 1.30 bits per heavy atom. The predicted molar refractivity (Wildman–Crippen MR) is 207 cm³/mol. The summed E-state index contributed by atoms with van der Waals surface area (Å²) in [6.07, 6.45) is 0.582. The molecule has 0 fully saturated rings. The minimum atomic E-state index is -4.02. The van der Waals surface area contributed by atoms with Crippen molar-refractivity contribution < 1.29 is 42.7 Å². The van der Waals surface area contributed by atoms with Crippen LogP contribution in [0, 0.1) is 20.8 Å². The first-order valence-electron chi connectivity index (χ1n) is 17.3. The van der Waals surface area contributed by atoms with Gasteiger partial charge in [0.2, 0.25) is 15.9 Å². The van der Waals surface area contributed by atoms with Crippen molar-refractivity contribution >= 4 is 15.9 Å². The summed E-state index contributed by atoms with van der Waals surface area (Å²) in [6, 6.07) is 23.7. The van der Waals surface area contributed by atoms with Crippen LogP contribution in [-0.4, -0.2) is 68.4 Å². The van der Waals surface area contributed by atoms with Crippen LogP contribution in [0.4, 0.5) is 0 Å². The van der Waals surface area contributed by atoms with Gasteiger partial charge in [-0.15, -0.1) is 0 Å². The maximum absolute atomic E-state index is 13.5. The Hall–Kier alpha value is -5.56. The second-order valence-electron chi connectivity index (χ2n) is 13.4. The van der Waals surface area contributed by atoms with Gasteiger partial charge in [-0.2, -0.15) is 0 Å². The molecule has 284 valence electrons. The third kappa shape index (κ3) is 9.70. The van der Waals surface area contributed by atoms with Crippen molar-refractivity contribution in [1.29, 1.82) is 0 Å². The summed E-state index contributed by atoms with van der Waals surface area (Å²) in [7, 11) is 0.885. The first-order chi connectivity index (χ1) is 25.7. The van der Waals surface area contributed by atoms with E-state index in [0.717, 1.165) is 38.9 Å². The number of sulfonamides is 1. The standard InChI is InChI=1S/C42H46N2O9S/c1-26-19-29(22-40(48)44(4)5)21-31(42(26)53-37-13-9-34(47)10-14-37)24-39-28(3)41(52-36-11-7-33(46)8-12-36)27(2)20-30(39)23-32(25-45)43-54(49,50)38-17-15-35(51-6)16-18-38/h7-21,32,43,45-47H,22-25H2,1-6H3. The van der Waals surface area contributed by atoms with Crippen molar-refractivity contribution in [2.45, 2.75) is 51.0 Å². The monoisotopic (exact) mass is 754 g/mol. The van der Waals surface area contributed by atoms with E-state index in [1.165, 1.54) is 48.4 Å². The number of aromatic hydroxyl groups is 2. The van der Waals surface area contributed by atoms with Gasteiger partial charge in [-0.3, -0.25) is 4.79 Å². The zero-order valence-corrected chi connectivity index (χ0v) is 32.0. The number of phenols is 2. The van der Waals surface area contributed by atoms with Gasteiger partial charge in [-0.05, 0) is 139 Å². The summed E-state index contributed by atoms with van der Waals surface area (Å²) in [5.41, 5.74) is 5.45. The second-order valence-corrected chi connectivity index (χ2v) is 15.1. The summed E-state index contributed by atoms with van der Waals surface area (Å²) in [5, 5.41) is 30.3. The van der Waals surface area contributed by atoms with Gasteiger partial charge in [0.25, 0.3) is 0 Å². The highest BCUT2D eigenvalue weighted by Gasteiger charge is 2.25. The summed E-state index contributed by atoms with van der Waals surface area (Å²) < 4.78 is 47.6. The molecule has 0 aliphatic heterocycles. The van der Waals surface area contributed by atoms with Crippen molar-refractivity contribution in [3.63, 3.8) is 0 Å². The van der Waals surface area contributed by atoms with Gasteiger partial charge in [0, 0.05) is 26.6 Å². The second kappa shape index (κ2) is 17.1. The Morgan fingerprint density at radius 3 is 1.83 bits per heavy atom. The Kier molecular flexibility index (Phi) is 12.5. The van der Waals surface area contributed by atoms with Crippen LogP contribution < -0.4 is 18.9 Å². The molecule has 5 rings (SSSR count). The van der Waals surface area contributed by atoms with E-state index in [2.05, 4.69) is 4.72 Å². The highest BCUT2D eigenvalue weighted by atomic mass is 32.2. The number of carbonyl (C=O) groups excluding carboxylic acids is 1. The molecular formula is C42H46N2O9S. The van der Waals surface area contributed by atoms with Gasteiger partial charge >= 0.3 is 0 Å². The number of hydrogen-bond acceptors (Lipinski definition) is 9. The number of carbonyl (C=O) groups is 1. The molecule has 11 nitrogen and oxygen atoms in total. The van der Waals surface area contributed by atoms with Gasteiger partial charge < -0.3 is 34.4 Å². The van der Waals surface area contributed by atoms with Gasteiger partial charge in [0.15, 0.2) is 0 Å². The highest BCUT2D eigenvalue weighted by Crippen LogP contribution is 2.39. The highest BCUT2D eigenvalue weighted by molar-refractivity contribution is 7.89. The predicted octanol–water partition coefficient (Wildman–Crippen LogP) is 6.72. The number of likely N-dealkylation sites (N-methyl/N-ethyl adjacent to an activating group) is 1. The van der Waals surface area contributed by atoms with Crippen molar-refractivity contribution in [3.8, 4) is 40.2 Å². The van der Waals surface area contributed by atoms with E-state index in [0.29, 0.717) is 28.7 Å². The molecule has 12 heteroatoms. The van der Waals surface area contributed by atoms with E-state index in [9.17, 15) is 28.5 Å². The Labute approximate surface area is 316 Å². The molecule has 4 N–H and O–H groups in total. The molecule has 5 aromatic rings. The molecule has 0 aliphatic rings. The third-order valence-corrected chi connectivity index (χ3v) is 10.6. The smallest absolute Gasteiger partial charge is 0.240 e. The summed E-state index contributed by atoms with van der Waals surface area (Å²) in [4.78, 5) is 14.4. The summed E-state index contributed by atoms with van der Waals surface area (Å²) in [5.74, 6) is 2.79. The lowest BCUT2D eigenvalue weighted by atomic mass is 9.88. The van der Waals surface area contributed by atoms with E-state index in [4.69, 9.17) is 14.2 Å². The van der Waals surface area contributed by atoms with Gasteiger partial charge in [0.05, 0.1) is 25.0 Å². The maximum Gasteiger partial charge on any atom is 0.240 e. The number of phenolic OH excluding ortho intramolecular Hbond substituents is 2. The number of hydrogen-bond donors (Lipinski definition) is 4. The molecule has 1 unspecified atom stereocenters. The number of methoxy groups -OCH3 is 1. The number of nitrogens with one attached hydrogen (secondary N) is 1. The van der Waals surface area contributed by atoms with Crippen LogP contribution in [-0.2, 0) is 34.1 Å². The van der Waals surface area contributed by atoms with Gasteiger partial charge in [0.1, 0.15) is 40.2 Å². The van der Waals surface area contributed by atoms with Crippen LogP contribution in [0.25, 0.3) is 0 Å². The Balaban J connectivity index is 1.62. The zero-order valence-electron chi connectivity index (χ0n) is 31.2. The molecule has 0 saturated carbocycles. The number of aliphatic hydroxyl groups is 1. The van der Waals surface area contributed by atoms with Crippen LogP contribution in [0.5, 0.6) is 40.2 Å².